The number of nitrogens with one attached hydrogen (secondary N) is 2. The van der Waals surface area contributed by atoms with E-state index in [1.165, 1.54) is 0 Å². The van der Waals surface area contributed by atoms with Crippen molar-refractivity contribution < 1.29 is 14.4 Å². The van der Waals surface area contributed by atoms with Crippen LogP contribution in [0.1, 0.15) is 64.2 Å². The molecule has 1 aromatic rings. The highest BCUT2D eigenvalue weighted by atomic mass is 16.2. The summed E-state index contributed by atoms with van der Waals surface area (Å²) in [6.45, 7) is 11.0. The van der Waals surface area contributed by atoms with Gasteiger partial charge >= 0.3 is 0 Å². The Morgan fingerprint density at radius 2 is 1.79 bits per heavy atom. The molecular weight excluding hydrogens is 354 g/mol. The summed E-state index contributed by atoms with van der Waals surface area (Å²) in [4.78, 5) is 39.1. The Morgan fingerprint density at radius 1 is 1.14 bits per heavy atom. The molecule has 2 rings (SSSR count). The lowest BCUT2D eigenvalue weighted by Crippen LogP contribution is -2.46. The fourth-order valence-electron chi connectivity index (χ4n) is 3.06. The van der Waals surface area contributed by atoms with Gasteiger partial charge in [-0.2, -0.15) is 0 Å². The fourth-order valence-corrected chi connectivity index (χ4v) is 3.06. The first kappa shape index (κ1) is 21.9. The van der Waals surface area contributed by atoms with Gasteiger partial charge in [0.25, 0.3) is 5.91 Å². The first-order chi connectivity index (χ1) is 13.1. The maximum absolute atomic E-state index is 12.9. The number of hydrogen-bond acceptors (Lipinski definition) is 3. The van der Waals surface area contributed by atoms with E-state index in [0.717, 1.165) is 12.8 Å². The summed E-state index contributed by atoms with van der Waals surface area (Å²) in [5.74, 6) is 0.235. The van der Waals surface area contributed by atoms with Crippen molar-refractivity contribution in [1.29, 1.82) is 0 Å². The SMILES string of the molecule is CC(C)CCNC(=O)C1CCCN1C(=O)c1ccc(NC(=O)C(C)(C)C)cc1. The van der Waals surface area contributed by atoms with E-state index in [1.54, 1.807) is 29.2 Å². The molecule has 0 bridgehead atoms. The number of carbonyl (C=O) groups is 3. The van der Waals surface area contributed by atoms with Crippen molar-refractivity contribution in [3.8, 4) is 0 Å². The number of anilines is 1. The molecule has 1 aliphatic heterocycles. The number of nitrogens with zero attached hydrogens (tertiary/aromatic N) is 1. The zero-order valence-electron chi connectivity index (χ0n) is 17.7. The molecule has 2 N–H and O–H groups in total. The van der Waals surface area contributed by atoms with Crippen LogP contribution in [-0.2, 0) is 9.59 Å². The summed E-state index contributed by atoms with van der Waals surface area (Å²) in [7, 11) is 0. The predicted molar refractivity (Wildman–Crippen MR) is 111 cm³/mol. The van der Waals surface area contributed by atoms with E-state index in [4.69, 9.17) is 0 Å². The molecule has 0 aromatic heterocycles. The number of benzene rings is 1. The zero-order chi connectivity index (χ0) is 20.9. The molecule has 6 nitrogen and oxygen atoms in total. The average Bonchev–Trinajstić information content (AvgIpc) is 3.10. The molecule has 0 radical (unpaired) electrons. The largest absolute Gasteiger partial charge is 0.354 e. The van der Waals surface area contributed by atoms with Crippen LogP contribution in [0.4, 0.5) is 5.69 Å². The maximum atomic E-state index is 12.9. The molecule has 0 saturated carbocycles. The molecule has 6 heteroatoms. The molecule has 28 heavy (non-hydrogen) atoms. The predicted octanol–water partition coefficient (Wildman–Crippen LogP) is 3.44. The molecular formula is C22H33N3O3. The molecule has 1 aromatic carbocycles. The lowest BCUT2D eigenvalue weighted by Gasteiger charge is -2.24. The van der Waals surface area contributed by atoms with Gasteiger partial charge in [0.2, 0.25) is 11.8 Å². The van der Waals surface area contributed by atoms with E-state index in [-0.39, 0.29) is 17.7 Å². The van der Waals surface area contributed by atoms with Crippen molar-refractivity contribution in [2.24, 2.45) is 11.3 Å². The molecule has 1 saturated heterocycles. The maximum Gasteiger partial charge on any atom is 0.254 e. The second-order valence-corrected chi connectivity index (χ2v) is 8.91. The summed E-state index contributed by atoms with van der Waals surface area (Å²) in [6, 6.07) is 6.45. The Morgan fingerprint density at radius 3 is 2.36 bits per heavy atom. The van der Waals surface area contributed by atoms with Gasteiger partial charge in [0.1, 0.15) is 6.04 Å². The molecule has 1 fully saturated rings. The molecule has 1 heterocycles. The van der Waals surface area contributed by atoms with E-state index >= 15 is 0 Å². The molecule has 154 valence electrons. The standard InChI is InChI=1S/C22H33N3O3/c1-15(2)12-13-23-19(26)18-7-6-14-25(18)20(27)16-8-10-17(11-9-16)24-21(28)22(3,4)5/h8-11,15,18H,6-7,12-14H2,1-5H3,(H,23,26)(H,24,28). The minimum absolute atomic E-state index is 0.0689. The van der Waals surface area contributed by atoms with Crippen molar-refractivity contribution in [1.82, 2.24) is 10.2 Å². The summed E-state index contributed by atoms with van der Waals surface area (Å²) in [5, 5.41) is 5.81. The van der Waals surface area contributed by atoms with Gasteiger partial charge < -0.3 is 15.5 Å². The highest BCUT2D eigenvalue weighted by molar-refractivity contribution is 5.99. The number of amides is 3. The Bertz CT molecular complexity index is 705. The van der Waals surface area contributed by atoms with Crippen molar-refractivity contribution in [3.05, 3.63) is 29.8 Å². The normalized spacial score (nSPS) is 16.9. The van der Waals surface area contributed by atoms with Gasteiger partial charge in [-0.25, -0.2) is 0 Å². The number of likely N-dealkylation sites (tertiary alicyclic amines) is 1. The minimum Gasteiger partial charge on any atom is -0.354 e. The van der Waals surface area contributed by atoms with E-state index < -0.39 is 11.5 Å². The van der Waals surface area contributed by atoms with Crippen LogP contribution in [0.5, 0.6) is 0 Å². The van der Waals surface area contributed by atoms with Crippen LogP contribution in [0.3, 0.4) is 0 Å². The van der Waals surface area contributed by atoms with Gasteiger partial charge in [-0.3, -0.25) is 14.4 Å². The Kier molecular flexibility index (Phi) is 7.22. The van der Waals surface area contributed by atoms with Crippen molar-refractivity contribution in [3.63, 3.8) is 0 Å². The van der Waals surface area contributed by atoms with Gasteiger partial charge in [-0.05, 0) is 49.4 Å². The average molecular weight is 388 g/mol. The van der Waals surface area contributed by atoms with E-state index in [2.05, 4.69) is 24.5 Å². The molecule has 0 aliphatic carbocycles. The van der Waals surface area contributed by atoms with Crippen LogP contribution in [0.25, 0.3) is 0 Å². The number of hydrogen-bond donors (Lipinski definition) is 2. The molecule has 0 spiro atoms. The van der Waals surface area contributed by atoms with E-state index in [1.807, 2.05) is 20.8 Å². The van der Waals surface area contributed by atoms with E-state index in [9.17, 15) is 14.4 Å². The van der Waals surface area contributed by atoms with E-state index in [0.29, 0.717) is 36.7 Å². The van der Waals surface area contributed by atoms with Crippen LogP contribution in [0.15, 0.2) is 24.3 Å². The van der Waals surface area contributed by atoms with Crippen molar-refractivity contribution >= 4 is 23.4 Å². The summed E-state index contributed by atoms with van der Waals surface area (Å²) in [5.41, 5.74) is 0.691. The first-order valence-corrected chi connectivity index (χ1v) is 10.1. The van der Waals surface area contributed by atoms with Crippen LogP contribution in [-0.4, -0.2) is 41.8 Å². The third-order valence-corrected chi connectivity index (χ3v) is 4.91. The van der Waals surface area contributed by atoms with Gasteiger partial charge in [0.05, 0.1) is 0 Å². The van der Waals surface area contributed by atoms with Gasteiger partial charge in [-0.15, -0.1) is 0 Å². The van der Waals surface area contributed by atoms with Crippen molar-refractivity contribution in [2.75, 3.05) is 18.4 Å². The molecule has 1 atom stereocenters. The van der Waals surface area contributed by atoms with Gasteiger partial charge in [0, 0.05) is 29.8 Å². The minimum atomic E-state index is -0.486. The zero-order valence-corrected chi connectivity index (χ0v) is 17.7. The number of rotatable bonds is 6. The topological polar surface area (TPSA) is 78.5 Å². The second-order valence-electron chi connectivity index (χ2n) is 8.91. The third kappa shape index (κ3) is 5.81. The highest BCUT2D eigenvalue weighted by Gasteiger charge is 2.34. The van der Waals surface area contributed by atoms with Crippen LogP contribution >= 0.6 is 0 Å². The summed E-state index contributed by atoms with van der Waals surface area (Å²) < 4.78 is 0. The lowest BCUT2D eigenvalue weighted by molar-refractivity contribution is -0.125. The Labute approximate surface area is 168 Å². The van der Waals surface area contributed by atoms with Crippen LogP contribution in [0, 0.1) is 11.3 Å². The lowest BCUT2D eigenvalue weighted by atomic mass is 9.95. The number of carbonyl (C=O) groups excluding carboxylic acids is 3. The first-order valence-electron chi connectivity index (χ1n) is 10.1. The monoisotopic (exact) mass is 387 g/mol. The molecule has 3 amide bonds. The quantitative estimate of drug-likeness (QED) is 0.785. The van der Waals surface area contributed by atoms with Crippen molar-refractivity contribution in [2.45, 2.75) is 59.9 Å². The molecule has 1 unspecified atom stereocenters. The summed E-state index contributed by atoms with van der Waals surface area (Å²) in [6.07, 6.45) is 2.45. The van der Waals surface area contributed by atoms with Gasteiger partial charge in [-0.1, -0.05) is 34.6 Å². The summed E-state index contributed by atoms with van der Waals surface area (Å²) >= 11 is 0. The fraction of sp³-hybridized carbons (Fsp3) is 0.591. The Hall–Kier alpha value is -2.37. The Balaban J connectivity index is 2.00. The highest BCUT2D eigenvalue weighted by Crippen LogP contribution is 2.22. The molecule has 1 aliphatic rings. The third-order valence-electron chi connectivity index (χ3n) is 4.91. The second kappa shape index (κ2) is 9.22. The van der Waals surface area contributed by atoms with Crippen LogP contribution in [0.2, 0.25) is 0 Å². The van der Waals surface area contributed by atoms with Gasteiger partial charge in [0.15, 0.2) is 0 Å². The smallest absolute Gasteiger partial charge is 0.254 e. The van der Waals surface area contributed by atoms with Crippen LogP contribution < -0.4 is 10.6 Å².